The van der Waals surface area contributed by atoms with Gasteiger partial charge in [-0.05, 0) is 30.7 Å². The Balaban J connectivity index is 2.17. The Labute approximate surface area is 139 Å². The summed E-state index contributed by atoms with van der Waals surface area (Å²) in [5.41, 5.74) is 1.41. The Bertz CT molecular complexity index is 842. The van der Waals surface area contributed by atoms with Gasteiger partial charge in [0.1, 0.15) is 4.90 Å². The van der Waals surface area contributed by atoms with Crippen LogP contribution in [0.1, 0.15) is 12.5 Å². The molecule has 1 aliphatic heterocycles. The lowest BCUT2D eigenvalue weighted by atomic mass is 10.2. The van der Waals surface area contributed by atoms with E-state index in [1.54, 1.807) is 12.1 Å². The molecular weight excluding hydrogens is 339 g/mol. The number of benzene rings is 2. The van der Waals surface area contributed by atoms with Crippen LogP contribution in [0, 0.1) is 5.82 Å². The number of hydrogen-bond donors (Lipinski definition) is 1. The molecule has 0 radical (unpaired) electrons. The van der Waals surface area contributed by atoms with Crippen molar-refractivity contribution in [3.63, 3.8) is 0 Å². The zero-order valence-corrected chi connectivity index (χ0v) is 14.0. The van der Waals surface area contributed by atoms with E-state index >= 15 is 0 Å². The number of nitrogens with zero attached hydrogens (tertiary/aromatic N) is 1. The lowest BCUT2D eigenvalue weighted by Gasteiger charge is -2.26. The Morgan fingerprint density at radius 2 is 1.96 bits per heavy atom. The number of anilines is 1. The summed E-state index contributed by atoms with van der Waals surface area (Å²) in [7, 11) is -4.05. The van der Waals surface area contributed by atoms with E-state index in [2.05, 4.69) is 5.32 Å². The Morgan fingerprint density at radius 3 is 2.74 bits per heavy atom. The molecule has 122 valence electrons. The van der Waals surface area contributed by atoms with Crippen molar-refractivity contribution in [2.75, 3.05) is 10.8 Å². The number of para-hydroxylation sites is 1. The largest absolute Gasteiger partial charge is 0.308 e. The zero-order chi connectivity index (χ0) is 16.6. The number of sulfonamides is 1. The molecular formula is C16H16ClFN2O2S. The highest BCUT2D eigenvalue weighted by Gasteiger charge is 2.32. The molecule has 0 amide bonds. The average molecular weight is 355 g/mol. The van der Waals surface area contributed by atoms with Gasteiger partial charge in [0.15, 0.2) is 5.82 Å². The fourth-order valence-electron chi connectivity index (χ4n) is 2.63. The molecule has 1 N–H and O–H groups in total. The first-order valence-corrected chi connectivity index (χ1v) is 9.01. The van der Waals surface area contributed by atoms with Crippen LogP contribution in [0.4, 0.5) is 10.1 Å². The first kappa shape index (κ1) is 16.2. The van der Waals surface area contributed by atoms with Crippen LogP contribution in [0.3, 0.4) is 0 Å². The summed E-state index contributed by atoms with van der Waals surface area (Å²) >= 11 is 5.75. The van der Waals surface area contributed by atoms with E-state index in [0.717, 1.165) is 5.56 Å². The summed E-state index contributed by atoms with van der Waals surface area (Å²) in [6.45, 7) is 2.66. The van der Waals surface area contributed by atoms with Crippen LogP contribution in [-0.2, 0) is 16.6 Å². The van der Waals surface area contributed by atoms with Crippen molar-refractivity contribution in [2.24, 2.45) is 0 Å². The van der Waals surface area contributed by atoms with Crippen molar-refractivity contribution in [1.82, 2.24) is 5.32 Å². The second-order valence-corrected chi connectivity index (χ2v) is 7.74. The number of rotatable bonds is 2. The predicted octanol–water partition coefficient (Wildman–Crippen LogP) is 3.17. The molecule has 1 aliphatic rings. The van der Waals surface area contributed by atoms with E-state index in [1.807, 2.05) is 19.1 Å². The molecule has 1 heterocycles. The molecule has 0 aliphatic carbocycles. The minimum atomic E-state index is -4.05. The van der Waals surface area contributed by atoms with Crippen molar-refractivity contribution in [3.05, 3.63) is 58.9 Å². The van der Waals surface area contributed by atoms with Crippen LogP contribution in [0.5, 0.6) is 0 Å². The smallest absolute Gasteiger partial charge is 0.267 e. The third kappa shape index (κ3) is 2.94. The van der Waals surface area contributed by atoms with Crippen molar-refractivity contribution in [2.45, 2.75) is 24.4 Å². The predicted molar refractivity (Wildman–Crippen MR) is 88.7 cm³/mol. The topological polar surface area (TPSA) is 49.4 Å². The average Bonchev–Trinajstić information content (AvgIpc) is 2.70. The first-order valence-electron chi connectivity index (χ1n) is 7.19. The highest BCUT2D eigenvalue weighted by Crippen LogP contribution is 2.31. The Morgan fingerprint density at radius 1 is 1.22 bits per heavy atom. The quantitative estimate of drug-likeness (QED) is 0.901. The van der Waals surface area contributed by atoms with Crippen LogP contribution in [-0.4, -0.2) is 21.0 Å². The summed E-state index contributed by atoms with van der Waals surface area (Å²) in [5.74, 6) is -0.920. The molecule has 4 nitrogen and oxygen atoms in total. The molecule has 0 bridgehead atoms. The molecule has 2 aromatic carbocycles. The van der Waals surface area contributed by atoms with E-state index in [4.69, 9.17) is 11.6 Å². The summed E-state index contributed by atoms with van der Waals surface area (Å²) in [4.78, 5) is -0.408. The van der Waals surface area contributed by atoms with Gasteiger partial charge in [0.05, 0.1) is 10.7 Å². The van der Waals surface area contributed by atoms with Crippen molar-refractivity contribution < 1.29 is 12.8 Å². The fourth-order valence-corrected chi connectivity index (χ4v) is 4.54. The van der Waals surface area contributed by atoms with E-state index in [-0.39, 0.29) is 17.6 Å². The van der Waals surface area contributed by atoms with Crippen LogP contribution < -0.4 is 9.62 Å². The third-order valence-corrected chi connectivity index (χ3v) is 5.91. The number of fused-ring (bicyclic) bond motifs is 1. The van der Waals surface area contributed by atoms with Gasteiger partial charge in [-0.15, -0.1) is 0 Å². The van der Waals surface area contributed by atoms with Crippen molar-refractivity contribution in [3.8, 4) is 0 Å². The summed E-state index contributed by atoms with van der Waals surface area (Å²) in [6, 6.07) is 11.1. The molecule has 0 saturated heterocycles. The van der Waals surface area contributed by atoms with Gasteiger partial charge in [0.25, 0.3) is 10.0 Å². The normalized spacial score (nSPS) is 18.4. The zero-order valence-electron chi connectivity index (χ0n) is 12.5. The standard InChI is InChI=1S/C16H16ClFN2O2S/c1-11-10-20(14-7-3-2-5-12(14)9-19-11)23(21,22)15-8-4-6-13(17)16(15)18/h2-8,11,19H,9-10H2,1H3. The number of halogens is 2. The fraction of sp³-hybridized carbons (Fsp3) is 0.250. The molecule has 0 saturated carbocycles. The minimum absolute atomic E-state index is 0.0700. The minimum Gasteiger partial charge on any atom is -0.308 e. The maximum absolute atomic E-state index is 14.3. The Hall–Kier alpha value is -1.63. The molecule has 23 heavy (non-hydrogen) atoms. The lowest BCUT2D eigenvalue weighted by molar-refractivity contribution is 0.546. The lowest BCUT2D eigenvalue weighted by Crippen LogP contribution is -2.40. The van der Waals surface area contributed by atoms with E-state index in [1.165, 1.54) is 22.5 Å². The van der Waals surface area contributed by atoms with Gasteiger partial charge < -0.3 is 5.32 Å². The van der Waals surface area contributed by atoms with Gasteiger partial charge >= 0.3 is 0 Å². The molecule has 1 atom stereocenters. The van der Waals surface area contributed by atoms with Crippen molar-refractivity contribution in [1.29, 1.82) is 0 Å². The maximum atomic E-state index is 14.3. The second-order valence-electron chi connectivity index (χ2n) is 5.50. The molecule has 7 heteroatoms. The summed E-state index contributed by atoms with van der Waals surface area (Å²) in [6.07, 6.45) is 0. The Kier molecular flexibility index (Phi) is 4.31. The van der Waals surface area contributed by atoms with E-state index in [0.29, 0.717) is 12.2 Å². The molecule has 3 rings (SSSR count). The van der Waals surface area contributed by atoms with E-state index in [9.17, 15) is 12.8 Å². The number of nitrogens with one attached hydrogen (secondary N) is 1. The monoisotopic (exact) mass is 354 g/mol. The summed E-state index contributed by atoms with van der Waals surface area (Å²) in [5, 5.41) is 3.05. The van der Waals surface area contributed by atoms with Crippen LogP contribution >= 0.6 is 11.6 Å². The van der Waals surface area contributed by atoms with Gasteiger partial charge in [-0.1, -0.05) is 35.9 Å². The van der Waals surface area contributed by atoms with Gasteiger partial charge in [-0.2, -0.15) is 0 Å². The van der Waals surface area contributed by atoms with E-state index < -0.39 is 20.7 Å². The highest BCUT2D eigenvalue weighted by molar-refractivity contribution is 7.92. The molecule has 0 spiro atoms. The molecule has 2 aromatic rings. The highest BCUT2D eigenvalue weighted by atomic mass is 35.5. The van der Waals surface area contributed by atoms with Crippen LogP contribution in [0.25, 0.3) is 0 Å². The maximum Gasteiger partial charge on any atom is 0.267 e. The number of hydrogen-bond acceptors (Lipinski definition) is 3. The molecule has 0 aromatic heterocycles. The SMILES string of the molecule is CC1CN(S(=O)(=O)c2cccc(Cl)c2F)c2ccccc2CN1. The van der Waals surface area contributed by atoms with Gasteiger partial charge in [0.2, 0.25) is 0 Å². The molecule has 1 unspecified atom stereocenters. The third-order valence-electron chi connectivity index (χ3n) is 3.83. The second kappa shape index (κ2) is 6.11. The summed E-state index contributed by atoms with van der Waals surface area (Å²) < 4.78 is 41.6. The molecule has 0 fully saturated rings. The van der Waals surface area contributed by atoms with Crippen LogP contribution in [0.15, 0.2) is 47.4 Å². The van der Waals surface area contributed by atoms with Crippen molar-refractivity contribution >= 4 is 27.3 Å². The van der Waals surface area contributed by atoms with Gasteiger partial charge in [-0.3, -0.25) is 4.31 Å². The van der Waals surface area contributed by atoms with Gasteiger partial charge in [0, 0.05) is 19.1 Å². The van der Waals surface area contributed by atoms with Gasteiger partial charge in [-0.25, -0.2) is 12.8 Å². The first-order chi connectivity index (χ1) is 10.9. The van der Waals surface area contributed by atoms with Crippen LogP contribution in [0.2, 0.25) is 5.02 Å².